The van der Waals surface area contributed by atoms with E-state index in [1.165, 1.54) is 21.1 Å². The second-order valence-electron chi connectivity index (χ2n) is 6.27. The molecule has 0 saturated carbocycles. The highest BCUT2D eigenvalue weighted by Gasteiger charge is 2.28. The lowest BCUT2D eigenvalue weighted by Crippen LogP contribution is -2.21. The predicted molar refractivity (Wildman–Crippen MR) is 101 cm³/mol. The van der Waals surface area contributed by atoms with Crippen LogP contribution in [0.1, 0.15) is 29.4 Å². The molecule has 0 aliphatic carbocycles. The zero-order valence-corrected chi connectivity index (χ0v) is 15.6. The van der Waals surface area contributed by atoms with Crippen LogP contribution in [0.5, 0.6) is 11.5 Å². The molecule has 3 rings (SSSR count). The minimum Gasteiger partial charge on any atom is -0.502 e. The second-order valence-corrected chi connectivity index (χ2v) is 6.27. The molecule has 0 unspecified atom stereocenters. The Morgan fingerprint density at radius 3 is 2.64 bits per heavy atom. The summed E-state index contributed by atoms with van der Waals surface area (Å²) in [4.78, 5) is 39.4. The number of aromatic nitrogens is 1. The van der Waals surface area contributed by atoms with E-state index in [1.54, 1.807) is 24.3 Å². The Kier molecular flexibility index (Phi) is 5.21. The molecule has 3 aromatic rings. The van der Waals surface area contributed by atoms with Gasteiger partial charge in [0.1, 0.15) is 11.5 Å². The Morgan fingerprint density at radius 2 is 1.96 bits per heavy atom. The van der Waals surface area contributed by atoms with Gasteiger partial charge in [-0.15, -0.1) is 0 Å². The summed E-state index contributed by atoms with van der Waals surface area (Å²) in [6.07, 6.45) is -0.290. The molecule has 1 aromatic carbocycles. The summed E-state index contributed by atoms with van der Waals surface area (Å²) in [6, 6.07) is 7.85. The van der Waals surface area contributed by atoms with Gasteiger partial charge in [0, 0.05) is 17.7 Å². The number of hydrogen-bond donors (Lipinski definition) is 2. The summed E-state index contributed by atoms with van der Waals surface area (Å²) in [5, 5.41) is 10.9. The van der Waals surface area contributed by atoms with Crippen LogP contribution < -0.4 is 15.7 Å². The van der Waals surface area contributed by atoms with Crippen molar-refractivity contribution in [2.75, 3.05) is 14.2 Å². The number of ether oxygens (including phenoxy) is 2. The van der Waals surface area contributed by atoms with Crippen molar-refractivity contribution < 1.29 is 23.8 Å². The number of hydrogen-bond acceptors (Lipinski definition) is 7. The van der Waals surface area contributed by atoms with Crippen LogP contribution in [0.15, 0.2) is 44.3 Å². The van der Waals surface area contributed by atoms with Gasteiger partial charge >= 0.3 is 5.97 Å². The van der Waals surface area contributed by atoms with Gasteiger partial charge in [-0.2, -0.15) is 0 Å². The van der Waals surface area contributed by atoms with Gasteiger partial charge in [-0.05, 0) is 30.5 Å². The number of benzene rings is 1. The van der Waals surface area contributed by atoms with Crippen molar-refractivity contribution in [1.82, 2.24) is 4.98 Å². The Labute approximate surface area is 159 Å². The molecule has 0 aliphatic heterocycles. The number of carbonyl (C=O) groups excluding carboxylic acids is 1. The fourth-order valence-electron chi connectivity index (χ4n) is 3.04. The lowest BCUT2D eigenvalue weighted by molar-refractivity contribution is -0.140. The van der Waals surface area contributed by atoms with Crippen molar-refractivity contribution in [3.8, 4) is 11.5 Å². The highest BCUT2D eigenvalue weighted by Crippen LogP contribution is 2.33. The standard InChI is InChI=1S/C20H19NO7/c1-10-6-16(22)18(24)19(28-10)13(9-17(23)27-3)14-7-11-4-5-12(26-2)8-15(11)21-20(14)25/h4-8,13,24H,9H2,1-3H3,(H,21,25)/t13-/m1/s1. The third kappa shape index (κ3) is 3.62. The Morgan fingerprint density at radius 1 is 1.21 bits per heavy atom. The number of fused-ring (bicyclic) bond motifs is 1. The Hall–Kier alpha value is -3.55. The highest BCUT2D eigenvalue weighted by atomic mass is 16.5. The first kappa shape index (κ1) is 19.2. The van der Waals surface area contributed by atoms with Crippen molar-refractivity contribution >= 4 is 16.9 Å². The molecule has 2 heterocycles. The zero-order valence-electron chi connectivity index (χ0n) is 15.6. The third-order valence-corrected chi connectivity index (χ3v) is 4.44. The first-order valence-corrected chi connectivity index (χ1v) is 8.45. The van der Waals surface area contributed by atoms with E-state index >= 15 is 0 Å². The minimum absolute atomic E-state index is 0.159. The van der Waals surface area contributed by atoms with E-state index < -0.39 is 28.6 Å². The molecule has 146 valence electrons. The number of nitrogens with one attached hydrogen (secondary N) is 1. The van der Waals surface area contributed by atoms with Crippen LogP contribution in [0.3, 0.4) is 0 Å². The average Bonchev–Trinajstić information content (AvgIpc) is 2.68. The molecule has 0 bridgehead atoms. The van der Waals surface area contributed by atoms with E-state index in [0.29, 0.717) is 16.7 Å². The van der Waals surface area contributed by atoms with Crippen LogP contribution in [0.25, 0.3) is 10.9 Å². The van der Waals surface area contributed by atoms with E-state index in [9.17, 15) is 19.5 Å². The van der Waals surface area contributed by atoms with Crippen LogP contribution in [0.2, 0.25) is 0 Å². The number of aromatic hydroxyl groups is 1. The number of esters is 1. The topological polar surface area (TPSA) is 119 Å². The first-order chi connectivity index (χ1) is 13.3. The maximum absolute atomic E-state index is 12.7. The minimum atomic E-state index is -1.00. The van der Waals surface area contributed by atoms with Crippen molar-refractivity contribution in [2.45, 2.75) is 19.3 Å². The Balaban J connectivity index is 2.24. The monoisotopic (exact) mass is 385 g/mol. The number of rotatable bonds is 5. The van der Waals surface area contributed by atoms with E-state index in [4.69, 9.17) is 13.9 Å². The van der Waals surface area contributed by atoms with Gasteiger partial charge in [0.2, 0.25) is 11.2 Å². The molecular weight excluding hydrogens is 366 g/mol. The van der Waals surface area contributed by atoms with E-state index in [1.807, 2.05) is 0 Å². The van der Waals surface area contributed by atoms with Gasteiger partial charge in [-0.25, -0.2) is 0 Å². The van der Waals surface area contributed by atoms with Crippen LogP contribution >= 0.6 is 0 Å². The number of aryl methyl sites for hydroxylation is 1. The van der Waals surface area contributed by atoms with Gasteiger partial charge in [0.05, 0.1) is 32.1 Å². The molecule has 1 atom stereocenters. The van der Waals surface area contributed by atoms with Crippen LogP contribution in [-0.2, 0) is 9.53 Å². The van der Waals surface area contributed by atoms with Gasteiger partial charge < -0.3 is 24.0 Å². The molecule has 28 heavy (non-hydrogen) atoms. The molecule has 0 saturated heterocycles. The predicted octanol–water partition coefficient (Wildman–Crippen LogP) is 2.20. The van der Waals surface area contributed by atoms with Crippen molar-refractivity contribution in [3.63, 3.8) is 0 Å². The van der Waals surface area contributed by atoms with Crippen LogP contribution in [0, 0.1) is 6.92 Å². The zero-order chi connectivity index (χ0) is 20.4. The molecular formula is C20H19NO7. The molecule has 2 N–H and O–H groups in total. The van der Waals surface area contributed by atoms with Crippen molar-refractivity contribution in [1.29, 1.82) is 0 Å². The number of aromatic amines is 1. The largest absolute Gasteiger partial charge is 0.502 e. The van der Waals surface area contributed by atoms with E-state index in [-0.39, 0.29) is 23.5 Å². The summed E-state index contributed by atoms with van der Waals surface area (Å²) in [5.74, 6) is -1.61. The maximum atomic E-state index is 12.7. The Bertz CT molecular complexity index is 1160. The quantitative estimate of drug-likeness (QED) is 0.646. The normalized spacial score (nSPS) is 12.0. The van der Waals surface area contributed by atoms with Crippen molar-refractivity contribution in [2.24, 2.45) is 0 Å². The summed E-state index contributed by atoms with van der Waals surface area (Å²) in [6.45, 7) is 1.54. The van der Waals surface area contributed by atoms with E-state index in [2.05, 4.69) is 4.98 Å². The van der Waals surface area contributed by atoms with Gasteiger partial charge in [-0.3, -0.25) is 14.4 Å². The molecule has 0 amide bonds. The van der Waals surface area contributed by atoms with Crippen LogP contribution in [-0.4, -0.2) is 30.3 Å². The molecule has 0 radical (unpaired) electrons. The lowest BCUT2D eigenvalue weighted by atomic mass is 9.92. The van der Waals surface area contributed by atoms with Crippen LogP contribution in [0.4, 0.5) is 0 Å². The van der Waals surface area contributed by atoms with Gasteiger partial charge in [0.25, 0.3) is 5.56 Å². The van der Waals surface area contributed by atoms with E-state index in [0.717, 1.165) is 6.07 Å². The summed E-state index contributed by atoms with van der Waals surface area (Å²) in [7, 11) is 2.73. The smallest absolute Gasteiger partial charge is 0.306 e. The maximum Gasteiger partial charge on any atom is 0.306 e. The first-order valence-electron chi connectivity index (χ1n) is 8.45. The fraction of sp³-hybridized carbons (Fsp3) is 0.250. The van der Waals surface area contributed by atoms with Crippen molar-refractivity contribution in [3.05, 3.63) is 68.0 Å². The van der Waals surface area contributed by atoms with Gasteiger partial charge in [0.15, 0.2) is 5.76 Å². The highest BCUT2D eigenvalue weighted by molar-refractivity contribution is 5.81. The SMILES string of the molecule is COC(=O)C[C@@H](c1oc(C)cc(=O)c1O)c1cc2ccc(OC)cc2[nH]c1=O. The summed E-state index contributed by atoms with van der Waals surface area (Å²) >= 11 is 0. The molecule has 0 fully saturated rings. The number of carbonyl (C=O) groups is 1. The summed E-state index contributed by atoms with van der Waals surface area (Å²) < 4.78 is 15.4. The lowest BCUT2D eigenvalue weighted by Gasteiger charge is -2.17. The molecule has 0 spiro atoms. The second kappa shape index (κ2) is 7.59. The fourth-order valence-corrected chi connectivity index (χ4v) is 3.04. The molecule has 0 aliphatic rings. The summed E-state index contributed by atoms with van der Waals surface area (Å²) in [5.41, 5.74) is -0.444. The molecule has 2 aromatic heterocycles. The number of H-pyrrole nitrogens is 1. The number of pyridine rings is 1. The number of methoxy groups -OCH3 is 2. The molecule has 8 nitrogen and oxygen atoms in total. The van der Waals surface area contributed by atoms with Gasteiger partial charge in [-0.1, -0.05) is 0 Å². The molecule has 8 heteroatoms. The third-order valence-electron chi connectivity index (χ3n) is 4.44. The average molecular weight is 385 g/mol.